The van der Waals surface area contributed by atoms with E-state index in [1.807, 2.05) is 12.5 Å². The summed E-state index contributed by atoms with van der Waals surface area (Å²) in [4.78, 5) is 4.23. The molecule has 0 fully saturated rings. The molecule has 104 valence electrons. The number of nitrogens with one attached hydrogen (secondary N) is 1. The monoisotopic (exact) mass is 251 g/mol. The van der Waals surface area contributed by atoms with Crippen LogP contribution in [0.1, 0.15) is 70.5 Å². The van der Waals surface area contributed by atoms with Crippen molar-refractivity contribution in [2.24, 2.45) is 7.05 Å². The number of aryl methyl sites for hydroxylation is 1. The third-order valence-electron chi connectivity index (χ3n) is 3.45. The van der Waals surface area contributed by atoms with Crippen molar-refractivity contribution >= 4 is 0 Å². The highest BCUT2D eigenvalue weighted by Crippen LogP contribution is 2.19. The van der Waals surface area contributed by atoms with Crippen LogP contribution in [0, 0.1) is 0 Å². The van der Waals surface area contributed by atoms with Gasteiger partial charge >= 0.3 is 0 Å². The van der Waals surface area contributed by atoms with Crippen LogP contribution in [0.2, 0.25) is 0 Å². The van der Waals surface area contributed by atoms with Gasteiger partial charge in [0.15, 0.2) is 0 Å². The zero-order valence-electron chi connectivity index (χ0n) is 12.3. The van der Waals surface area contributed by atoms with Crippen LogP contribution in [-0.2, 0) is 7.05 Å². The number of rotatable bonds is 10. The molecule has 0 amide bonds. The molecule has 0 radical (unpaired) electrons. The van der Waals surface area contributed by atoms with Crippen molar-refractivity contribution in [3.63, 3.8) is 0 Å². The van der Waals surface area contributed by atoms with Crippen LogP contribution in [0.15, 0.2) is 12.5 Å². The number of aromatic nitrogens is 2. The molecule has 0 saturated heterocycles. The highest BCUT2D eigenvalue weighted by molar-refractivity contribution is 5.04. The van der Waals surface area contributed by atoms with Crippen molar-refractivity contribution in [3.05, 3.63) is 18.2 Å². The zero-order valence-corrected chi connectivity index (χ0v) is 12.3. The fraction of sp³-hybridized carbons (Fsp3) is 0.800. The standard InChI is InChI=1S/C15H29N3/c1-4-6-7-8-9-10-14(17-11-5-2)15-12-16-13-18(15)3/h12-14,17H,4-11H2,1-3H3. The van der Waals surface area contributed by atoms with Gasteiger partial charge in [-0.15, -0.1) is 0 Å². The Morgan fingerprint density at radius 3 is 2.56 bits per heavy atom. The van der Waals surface area contributed by atoms with Gasteiger partial charge in [0.25, 0.3) is 0 Å². The van der Waals surface area contributed by atoms with E-state index < -0.39 is 0 Å². The first kappa shape index (κ1) is 15.2. The van der Waals surface area contributed by atoms with Crippen LogP contribution in [0.4, 0.5) is 0 Å². The lowest BCUT2D eigenvalue weighted by Crippen LogP contribution is -2.24. The molecule has 1 heterocycles. The Hall–Kier alpha value is -0.830. The molecule has 1 atom stereocenters. The van der Waals surface area contributed by atoms with E-state index in [-0.39, 0.29) is 0 Å². The van der Waals surface area contributed by atoms with Crippen molar-refractivity contribution in [1.29, 1.82) is 0 Å². The second-order valence-corrected chi connectivity index (χ2v) is 5.14. The summed E-state index contributed by atoms with van der Waals surface area (Å²) in [5.41, 5.74) is 1.32. The molecule has 1 N–H and O–H groups in total. The minimum Gasteiger partial charge on any atom is -0.336 e. The summed E-state index contributed by atoms with van der Waals surface area (Å²) in [5.74, 6) is 0. The average molecular weight is 251 g/mol. The maximum Gasteiger partial charge on any atom is 0.0946 e. The fourth-order valence-corrected chi connectivity index (χ4v) is 2.33. The third kappa shape index (κ3) is 5.21. The first-order valence-electron chi connectivity index (χ1n) is 7.49. The summed E-state index contributed by atoms with van der Waals surface area (Å²) < 4.78 is 2.14. The number of nitrogens with zero attached hydrogens (tertiary/aromatic N) is 2. The lowest BCUT2D eigenvalue weighted by Gasteiger charge is -2.19. The molecular weight excluding hydrogens is 222 g/mol. The second kappa shape index (κ2) is 9.15. The molecular formula is C15H29N3. The van der Waals surface area contributed by atoms with Gasteiger partial charge < -0.3 is 9.88 Å². The van der Waals surface area contributed by atoms with Crippen LogP contribution in [0.5, 0.6) is 0 Å². The molecule has 0 saturated carbocycles. The van der Waals surface area contributed by atoms with Crippen molar-refractivity contribution in [3.8, 4) is 0 Å². The van der Waals surface area contributed by atoms with E-state index in [4.69, 9.17) is 0 Å². The topological polar surface area (TPSA) is 29.9 Å². The maximum absolute atomic E-state index is 4.23. The molecule has 3 heteroatoms. The maximum atomic E-state index is 4.23. The lowest BCUT2D eigenvalue weighted by atomic mass is 10.0. The van der Waals surface area contributed by atoms with Crippen LogP contribution in [0.25, 0.3) is 0 Å². The van der Waals surface area contributed by atoms with Gasteiger partial charge in [-0.25, -0.2) is 4.98 Å². The van der Waals surface area contributed by atoms with E-state index in [1.165, 1.54) is 50.6 Å². The zero-order chi connectivity index (χ0) is 13.2. The molecule has 0 aromatic carbocycles. The molecule has 1 aromatic heterocycles. The molecule has 0 aliphatic heterocycles. The molecule has 1 rings (SSSR count). The number of imidazole rings is 1. The smallest absolute Gasteiger partial charge is 0.0946 e. The molecule has 3 nitrogen and oxygen atoms in total. The van der Waals surface area contributed by atoms with Crippen molar-refractivity contribution in [1.82, 2.24) is 14.9 Å². The van der Waals surface area contributed by atoms with Gasteiger partial charge in [0.1, 0.15) is 0 Å². The molecule has 0 spiro atoms. The molecule has 1 unspecified atom stereocenters. The van der Waals surface area contributed by atoms with Crippen LogP contribution in [-0.4, -0.2) is 16.1 Å². The van der Waals surface area contributed by atoms with Crippen molar-refractivity contribution in [2.45, 2.75) is 64.8 Å². The van der Waals surface area contributed by atoms with E-state index in [1.54, 1.807) is 0 Å². The highest BCUT2D eigenvalue weighted by atomic mass is 15.1. The van der Waals surface area contributed by atoms with E-state index in [0.717, 1.165) is 6.54 Å². The number of unbranched alkanes of at least 4 members (excludes halogenated alkanes) is 4. The first-order valence-corrected chi connectivity index (χ1v) is 7.49. The second-order valence-electron chi connectivity index (χ2n) is 5.14. The van der Waals surface area contributed by atoms with Gasteiger partial charge in [-0.05, 0) is 19.4 Å². The highest BCUT2D eigenvalue weighted by Gasteiger charge is 2.13. The van der Waals surface area contributed by atoms with E-state index in [9.17, 15) is 0 Å². The predicted octanol–water partition coefficient (Wildman–Crippen LogP) is 3.82. The Labute approximate surface area is 112 Å². The summed E-state index contributed by atoms with van der Waals surface area (Å²) in [5, 5.41) is 3.64. The average Bonchev–Trinajstić information content (AvgIpc) is 2.79. The van der Waals surface area contributed by atoms with Gasteiger partial charge in [-0.2, -0.15) is 0 Å². The Kier molecular flexibility index (Phi) is 7.74. The molecule has 0 aliphatic carbocycles. The van der Waals surface area contributed by atoms with Gasteiger partial charge in [0.2, 0.25) is 0 Å². The van der Waals surface area contributed by atoms with E-state index in [0.29, 0.717) is 6.04 Å². The summed E-state index contributed by atoms with van der Waals surface area (Å²) >= 11 is 0. The minimum atomic E-state index is 0.471. The summed E-state index contributed by atoms with van der Waals surface area (Å²) in [6.45, 7) is 5.57. The molecule has 18 heavy (non-hydrogen) atoms. The van der Waals surface area contributed by atoms with Gasteiger partial charge in [0.05, 0.1) is 12.0 Å². The van der Waals surface area contributed by atoms with Gasteiger partial charge in [0, 0.05) is 19.3 Å². The quantitative estimate of drug-likeness (QED) is 0.641. The minimum absolute atomic E-state index is 0.471. The third-order valence-corrected chi connectivity index (χ3v) is 3.45. The van der Waals surface area contributed by atoms with E-state index in [2.05, 4.69) is 35.8 Å². The Morgan fingerprint density at radius 1 is 1.17 bits per heavy atom. The Bertz CT molecular complexity index is 306. The number of hydrogen-bond donors (Lipinski definition) is 1. The summed E-state index contributed by atoms with van der Waals surface area (Å²) in [7, 11) is 2.08. The Morgan fingerprint density at radius 2 is 1.94 bits per heavy atom. The summed E-state index contributed by atoms with van der Waals surface area (Å²) in [6.07, 6.45) is 13.0. The number of hydrogen-bond acceptors (Lipinski definition) is 2. The predicted molar refractivity (Wildman–Crippen MR) is 77.6 cm³/mol. The van der Waals surface area contributed by atoms with Crippen molar-refractivity contribution in [2.75, 3.05) is 6.54 Å². The lowest BCUT2D eigenvalue weighted by molar-refractivity contribution is 0.450. The summed E-state index contributed by atoms with van der Waals surface area (Å²) in [6, 6.07) is 0.471. The van der Waals surface area contributed by atoms with E-state index >= 15 is 0 Å². The van der Waals surface area contributed by atoms with Gasteiger partial charge in [-0.3, -0.25) is 0 Å². The fourth-order valence-electron chi connectivity index (χ4n) is 2.33. The van der Waals surface area contributed by atoms with Crippen molar-refractivity contribution < 1.29 is 0 Å². The molecule has 0 aliphatic rings. The van der Waals surface area contributed by atoms with Crippen LogP contribution in [0.3, 0.4) is 0 Å². The molecule has 0 bridgehead atoms. The van der Waals surface area contributed by atoms with Crippen LogP contribution >= 0.6 is 0 Å². The SMILES string of the molecule is CCCCCCCC(NCCC)c1cncn1C. The first-order chi connectivity index (χ1) is 8.79. The Balaban J connectivity index is 2.39. The molecule has 1 aromatic rings. The van der Waals surface area contributed by atoms with Crippen LogP contribution < -0.4 is 5.32 Å². The largest absolute Gasteiger partial charge is 0.336 e. The normalized spacial score (nSPS) is 12.8. The van der Waals surface area contributed by atoms with Gasteiger partial charge in [-0.1, -0.05) is 46.0 Å².